The first-order valence-corrected chi connectivity index (χ1v) is 16.3. The van der Waals surface area contributed by atoms with Crippen molar-refractivity contribution in [2.24, 2.45) is 5.41 Å². The summed E-state index contributed by atoms with van der Waals surface area (Å²) < 4.78 is 22.1. The molecular weight excluding hydrogens is 574 g/mol. The van der Waals surface area contributed by atoms with Gasteiger partial charge in [-0.25, -0.2) is 18.9 Å². The number of aryl methyl sites for hydroxylation is 1. The van der Waals surface area contributed by atoms with E-state index >= 15 is 0 Å². The number of hydrogen-bond donors (Lipinski definition) is 3. The molecule has 1 spiro atoms. The fourth-order valence-electron chi connectivity index (χ4n) is 6.43. The molecule has 2 atom stereocenters. The van der Waals surface area contributed by atoms with Gasteiger partial charge < -0.3 is 20.1 Å². The van der Waals surface area contributed by atoms with Gasteiger partial charge in [-0.1, -0.05) is 36.3 Å². The third-order valence-electron chi connectivity index (χ3n) is 8.84. The summed E-state index contributed by atoms with van der Waals surface area (Å²) in [7, 11) is -1.19. The first kappa shape index (κ1) is 30.3. The number of piperidine rings is 1. The summed E-state index contributed by atoms with van der Waals surface area (Å²) in [4.78, 5) is 23.2. The lowest BCUT2D eigenvalue weighted by atomic mass is 9.73. The maximum Gasteiger partial charge on any atom is 0.224 e. The average molecular weight is 614 g/mol. The van der Waals surface area contributed by atoms with Crippen LogP contribution in [-0.4, -0.2) is 49.6 Å². The van der Waals surface area contributed by atoms with Crippen molar-refractivity contribution in [3.05, 3.63) is 76.7 Å². The van der Waals surface area contributed by atoms with Crippen molar-refractivity contribution in [2.75, 3.05) is 29.9 Å². The molecular formula is C34H39N5O4S. The molecule has 6 rings (SSSR count). The molecule has 3 aliphatic rings. The lowest BCUT2D eigenvalue weighted by Crippen LogP contribution is -2.48. The van der Waals surface area contributed by atoms with E-state index in [1.54, 1.807) is 6.20 Å². The summed E-state index contributed by atoms with van der Waals surface area (Å²) in [5, 5.41) is 13.1. The number of fused-ring (bicyclic) bond motifs is 2. The van der Waals surface area contributed by atoms with Crippen LogP contribution in [0.5, 0.6) is 5.75 Å². The lowest BCUT2D eigenvalue weighted by Gasteiger charge is -2.44. The van der Waals surface area contributed by atoms with Gasteiger partial charge in [0.15, 0.2) is 5.82 Å². The SMILES string of the molecule is CC(C)(C)S(=O)N[C@@H]1c2ccccc2CC12CCN(c1ncc(C#CCOc3ccc4c(c3)NC(=O)CC4)nc1CO)CC2. The third-order valence-corrected chi connectivity index (χ3v) is 10.4. The first-order valence-electron chi connectivity index (χ1n) is 15.2. The second-order valence-corrected chi connectivity index (χ2v) is 14.8. The molecule has 1 saturated heterocycles. The van der Waals surface area contributed by atoms with Gasteiger partial charge in [0, 0.05) is 31.3 Å². The predicted molar refractivity (Wildman–Crippen MR) is 172 cm³/mol. The molecule has 0 bridgehead atoms. The monoisotopic (exact) mass is 613 g/mol. The fraction of sp³-hybridized carbons (Fsp3) is 0.441. The number of hydrogen-bond acceptors (Lipinski definition) is 7. The Hall–Kier alpha value is -3.78. The van der Waals surface area contributed by atoms with Crippen LogP contribution in [-0.2, 0) is 35.2 Å². The van der Waals surface area contributed by atoms with E-state index in [0.29, 0.717) is 29.4 Å². The number of rotatable bonds is 6. The highest BCUT2D eigenvalue weighted by Gasteiger charge is 2.49. The zero-order valence-corrected chi connectivity index (χ0v) is 26.3. The topological polar surface area (TPSA) is 117 Å². The molecule has 3 heterocycles. The Bertz CT molecular complexity index is 1650. The Morgan fingerprint density at radius 3 is 2.73 bits per heavy atom. The summed E-state index contributed by atoms with van der Waals surface area (Å²) in [5.41, 5.74) is 5.38. The number of amides is 1. The van der Waals surface area contributed by atoms with Gasteiger partial charge in [-0.3, -0.25) is 4.79 Å². The van der Waals surface area contributed by atoms with Gasteiger partial charge in [0.05, 0.1) is 34.6 Å². The highest BCUT2D eigenvalue weighted by Crippen LogP contribution is 2.52. The van der Waals surface area contributed by atoms with Crippen molar-refractivity contribution in [1.82, 2.24) is 14.7 Å². The summed E-state index contributed by atoms with van der Waals surface area (Å²) in [6.07, 6.45) is 5.62. The van der Waals surface area contributed by atoms with Crippen molar-refractivity contribution in [2.45, 2.75) is 70.3 Å². The number of nitrogens with one attached hydrogen (secondary N) is 2. The van der Waals surface area contributed by atoms with Crippen molar-refractivity contribution in [1.29, 1.82) is 0 Å². The Labute approximate surface area is 261 Å². The van der Waals surface area contributed by atoms with Gasteiger partial charge >= 0.3 is 0 Å². The van der Waals surface area contributed by atoms with E-state index in [2.05, 4.69) is 61.0 Å². The van der Waals surface area contributed by atoms with E-state index in [9.17, 15) is 14.1 Å². The molecule has 1 aliphatic carbocycles. The molecule has 2 aromatic carbocycles. The maximum atomic E-state index is 13.2. The number of aliphatic hydroxyl groups is 1. The minimum Gasteiger partial charge on any atom is -0.481 e. The number of anilines is 2. The molecule has 0 saturated carbocycles. The quantitative estimate of drug-likeness (QED) is 0.357. The van der Waals surface area contributed by atoms with E-state index < -0.39 is 11.0 Å². The number of ether oxygens (including phenoxy) is 1. The minimum absolute atomic E-state index is 0.0132. The van der Waals surface area contributed by atoms with Gasteiger partial charge in [-0.15, -0.1) is 0 Å². The summed E-state index contributed by atoms with van der Waals surface area (Å²) in [6, 6.07) is 14.2. The van der Waals surface area contributed by atoms with Gasteiger partial charge in [-0.2, -0.15) is 0 Å². The third kappa shape index (κ3) is 6.23. The Morgan fingerprint density at radius 2 is 1.95 bits per heavy atom. The standard InChI is InChI=1S/C34H39N5O4S/c1-33(2,3)44(42)38-31-27-9-5-4-7-24(27)20-34(31)14-16-39(17-15-34)32-29(22-40)36-25(21-35-32)8-6-18-43-26-12-10-23-11-13-30(41)37-28(23)19-26/h4-5,7,9-10,12,19,21,31,38,40H,11,13-18,20,22H2,1-3H3,(H,37,41)/t31-,44?/m1/s1. The van der Waals surface area contributed by atoms with Crippen LogP contribution in [0.3, 0.4) is 0 Å². The lowest BCUT2D eigenvalue weighted by molar-refractivity contribution is -0.116. The molecule has 2 aliphatic heterocycles. The van der Waals surface area contributed by atoms with Crippen LogP contribution >= 0.6 is 0 Å². The van der Waals surface area contributed by atoms with Crippen LogP contribution in [0.15, 0.2) is 48.7 Å². The highest BCUT2D eigenvalue weighted by molar-refractivity contribution is 7.84. The van der Waals surface area contributed by atoms with E-state index in [0.717, 1.165) is 50.0 Å². The first-order chi connectivity index (χ1) is 21.1. The zero-order chi connectivity index (χ0) is 30.9. The van der Waals surface area contributed by atoms with Crippen LogP contribution in [0.25, 0.3) is 0 Å². The predicted octanol–water partition coefficient (Wildman–Crippen LogP) is 4.22. The highest BCUT2D eigenvalue weighted by atomic mass is 32.2. The minimum atomic E-state index is -1.19. The summed E-state index contributed by atoms with van der Waals surface area (Å²) in [5.74, 6) is 7.29. The normalized spacial score (nSPS) is 19.4. The van der Waals surface area contributed by atoms with Crippen LogP contribution in [0.1, 0.15) is 74.2 Å². The van der Waals surface area contributed by atoms with E-state index in [4.69, 9.17) is 4.74 Å². The number of benzene rings is 2. The average Bonchev–Trinajstić information content (AvgIpc) is 3.31. The van der Waals surface area contributed by atoms with Gasteiger partial charge in [0.1, 0.15) is 23.7 Å². The Kier molecular flexibility index (Phi) is 8.46. The molecule has 3 N–H and O–H groups in total. The fourth-order valence-corrected chi connectivity index (χ4v) is 7.37. The molecule has 230 valence electrons. The van der Waals surface area contributed by atoms with Crippen molar-refractivity contribution in [3.8, 4) is 17.6 Å². The van der Waals surface area contributed by atoms with Crippen molar-refractivity contribution >= 4 is 28.4 Å². The van der Waals surface area contributed by atoms with Crippen molar-refractivity contribution in [3.63, 3.8) is 0 Å². The molecule has 3 aromatic rings. The second-order valence-electron chi connectivity index (χ2n) is 12.8. The van der Waals surface area contributed by atoms with Crippen LogP contribution in [0.4, 0.5) is 11.5 Å². The van der Waals surface area contributed by atoms with Crippen molar-refractivity contribution < 1.29 is 18.8 Å². The zero-order valence-electron chi connectivity index (χ0n) is 25.5. The van der Waals surface area contributed by atoms with Gasteiger partial charge in [-0.05, 0) is 80.5 Å². The number of nitrogens with zero attached hydrogens (tertiary/aromatic N) is 3. The molecule has 9 nitrogen and oxygen atoms in total. The van der Waals surface area contributed by atoms with Crippen LogP contribution in [0.2, 0.25) is 0 Å². The van der Waals surface area contributed by atoms with Gasteiger partial charge in [0.2, 0.25) is 5.91 Å². The molecule has 0 radical (unpaired) electrons. The van der Waals surface area contributed by atoms with E-state index in [-0.39, 0.29) is 35.3 Å². The second kappa shape index (κ2) is 12.3. The molecule has 44 heavy (non-hydrogen) atoms. The molecule has 1 aromatic heterocycles. The van der Waals surface area contributed by atoms with E-state index in [1.807, 2.05) is 39.0 Å². The van der Waals surface area contributed by atoms with E-state index in [1.165, 1.54) is 11.1 Å². The van der Waals surface area contributed by atoms with Crippen LogP contribution in [0, 0.1) is 17.3 Å². The number of aromatic nitrogens is 2. The largest absolute Gasteiger partial charge is 0.481 e. The van der Waals surface area contributed by atoms with Crippen LogP contribution < -0.4 is 19.7 Å². The Morgan fingerprint density at radius 1 is 1.16 bits per heavy atom. The molecule has 1 fully saturated rings. The summed E-state index contributed by atoms with van der Waals surface area (Å²) in [6.45, 7) is 7.43. The molecule has 10 heteroatoms. The van der Waals surface area contributed by atoms with Gasteiger partial charge in [0.25, 0.3) is 0 Å². The number of carbonyl (C=O) groups is 1. The molecule has 1 unspecified atom stereocenters. The number of carbonyl (C=O) groups excluding carboxylic acids is 1. The Balaban J connectivity index is 1.11. The maximum absolute atomic E-state index is 13.2. The molecule has 1 amide bonds. The number of aliphatic hydroxyl groups excluding tert-OH is 1. The smallest absolute Gasteiger partial charge is 0.224 e. The summed E-state index contributed by atoms with van der Waals surface area (Å²) >= 11 is 0.